The van der Waals surface area contributed by atoms with E-state index in [1.807, 2.05) is 62.4 Å². The van der Waals surface area contributed by atoms with Gasteiger partial charge in [-0.05, 0) is 95.9 Å². The molecular formula is C39H55N5O9. The van der Waals surface area contributed by atoms with Gasteiger partial charge < -0.3 is 29.6 Å². The SMILES string of the molecule is COC(=O)[C@H](CC(C)C)NC(=O)[C@](C)(CCCN=C(NC(=O)OC(C)(C)C)NC(=O)OC(C)(C)C)NC(=O)OCC1c2ccccc2-c2ccccc21. The van der Waals surface area contributed by atoms with Crippen LogP contribution in [0.4, 0.5) is 14.4 Å². The van der Waals surface area contributed by atoms with E-state index in [0.717, 1.165) is 22.3 Å². The second kappa shape index (κ2) is 18.1. The third kappa shape index (κ3) is 13.1. The van der Waals surface area contributed by atoms with Crippen molar-refractivity contribution in [2.45, 2.75) is 110 Å². The summed E-state index contributed by atoms with van der Waals surface area (Å²) in [6.45, 7) is 15.5. The lowest BCUT2D eigenvalue weighted by Crippen LogP contribution is -2.60. The Kier molecular flexibility index (Phi) is 14.4. The van der Waals surface area contributed by atoms with Gasteiger partial charge >= 0.3 is 24.2 Å². The molecule has 4 N–H and O–H groups in total. The summed E-state index contributed by atoms with van der Waals surface area (Å²) in [7, 11) is 1.24. The van der Waals surface area contributed by atoms with Crippen LogP contribution in [0.3, 0.4) is 0 Å². The molecule has 0 bridgehead atoms. The molecule has 0 fully saturated rings. The first-order valence-corrected chi connectivity index (χ1v) is 17.8. The van der Waals surface area contributed by atoms with Gasteiger partial charge in [0.25, 0.3) is 0 Å². The Balaban J connectivity index is 1.81. The van der Waals surface area contributed by atoms with E-state index >= 15 is 0 Å². The molecule has 0 spiro atoms. The highest BCUT2D eigenvalue weighted by molar-refractivity contribution is 6.01. The fourth-order valence-electron chi connectivity index (χ4n) is 5.77. The number of benzene rings is 2. The van der Waals surface area contributed by atoms with Crippen LogP contribution in [0.5, 0.6) is 0 Å². The van der Waals surface area contributed by atoms with E-state index in [-0.39, 0.29) is 43.8 Å². The summed E-state index contributed by atoms with van der Waals surface area (Å²) in [6, 6.07) is 14.9. The monoisotopic (exact) mass is 737 g/mol. The number of ether oxygens (including phenoxy) is 4. The van der Waals surface area contributed by atoms with Gasteiger partial charge in [-0.2, -0.15) is 0 Å². The first kappa shape index (κ1) is 42.3. The molecule has 2 aromatic rings. The van der Waals surface area contributed by atoms with Gasteiger partial charge in [-0.1, -0.05) is 62.4 Å². The molecule has 14 nitrogen and oxygen atoms in total. The van der Waals surface area contributed by atoms with Crippen molar-refractivity contribution in [3.8, 4) is 11.1 Å². The quantitative estimate of drug-likeness (QED) is 0.0651. The van der Waals surface area contributed by atoms with Gasteiger partial charge in [0.2, 0.25) is 11.9 Å². The van der Waals surface area contributed by atoms with E-state index in [2.05, 4.69) is 26.3 Å². The number of alkyl carbamates (subject to hydrolysis) is 3. The lowest BCUT2D eigenvalue weighted by Gasteiger charge is -2.31. The van der Waals surface area contributed by atoms with Gasteiger partial charge in [0.05, 0.1) is 7.11 Å². The highest BCUT2D eigenvalue weighted by Crippen LogP contribution is 2.44. The Labute approximate surface area is 312 Å². The van der Waals surface area contributed by atoms with Gasteiger partial charge in [0.1, 0.15) is 29.4 Å². The normalized spacial score (nSPS) is 14.0. The van der Waals surface area contributed by atoms with Crippen LogP contribution in [0, 0.1) is 5.92 Å². The van der Waals surface area contributed by atoms with Gasteiger partial charge in [-0.25, -0.2) is 19.2 Å². The van der Waals surface area contributed by atoms with Crippen LogP contribution < -0.4 is 21.3 Å². The molecule has 14 heteroatoms. The number of carbonyl (C=O) groups is 5. The van der Waals surface area contributed by atoms with E-state index in [1.165, 1.54) is 14.0 Å². The lowest BCUT2D eigenvalue weighted by molar-refractivity contribution is -0.146. The number of esters is 1. The standard InChI is InChI=1S/C39H55N5O9/c1-24(2)22-30(31(45)50-10)41-32(46)39(9,20-15-21-40-33(42-34(47)52-37(3,4)5)43-35(48)53-38(6,7)8)44-36(49)51-23-29-27-18-13-11-16-25(27)26-17-12-14-19-28(26)29/h11-14,16-19,24,29-30H,15,20-23H2,1-10H3,(H,41,46)(H,44,49)(H2,40,42,43,47,48)/t30-,39-/m0/s1. The van der Waals surface area contributed by atoms with Crippen molar-refractivity contribution in [1.82, 2.24) is 21.3 Å². The fraction of sp³-hybridized carbons (Fsp3) is 0.538. The van der Waals surface area contributed by atoms with Gasteiger partial charge in [0.15, 0.2) is 0 Å². The molecule has 1 aliphatic carbocycles. The molecule has 2 atom stereocenters. The number of guanidine groups is 1. The molecule has 1 aliphatic rings. The molecule has 0 heterocycles. The molecule has 0 saturated heterocycles. The second-order valence-electron chi connectivity index (χ2n) is 15.5. The number of hydrogen-bond donors (Lipinski definition) is 4. The Bertz CT molecular complexity index is 1580. The fourth-order valence-corrected chi connectivity index (χ4v) is 5.77. The number of carbonyl (C=O) groups excluding carboxylic acids is 5. The van der Waals surface area contributed by atoms with Crippen LogP contribution in [0.25, 0.3) is 11.1 Å². The van der Waals surface area contributed by atoms with Crippen LogP contribution in [0.1, 0.15) is 98.6 Å². The van der Waals surface area contributed by atoms with E-state index in [1.54, 1.807) is 41.5 Å². The Morgan fingerprint density at radius 2 is 1.28 bits per heavy atom. The average molecular weight is 738 g/mol. The first-order chi connectivity index (χ1) is 24.7. The lowest BCUT2D eigenvalue weighted by atomic mass is 9.93. The molecular weight excluding hydrogens is 682 g/mol. The first-order valence-electron chi connectivity index (χ1n) is 17.8. The molecule has 2 aromatic carbocycles. The third-order valence-corrected chi connectivity index (χ3v) is 8.06. The summed E-state index contributed by atoms with van der Waals surface area (Å²) in [5.41, 5.74) is 0.983. The van der Waals surface area contributed by atoms with Gasteiger partial charge in [-0.15, -0.1) is 0 Å². The summed E-state index contributed by atoms with van der Waals surface area (Å²) in [6.07, 6.45) is -2.03. The molecule has 0 aromatic heterocycles. The van der Waals surface area contributed by atoms with E-state index in [4.69, 9.17) is 18.9 Å². The van der Waals surface area contributed by atoms with Crippen LogP contribution in [0.15, 0.2) is 53.5 Å². The number of amides is 4. The number of aliphatic imine (C=N–C) groups is 1. The van der Waals surface area contributed by atoms with Crippen LogP contribution >= 0.6 is 0 Å². The summed E-state index contributed by atoms with van der Waals surface area (Å²) in [5, 5.41) is 10.3. The van der Waals surface area contributed by atoms with Crippen LogP contribution in [-0.2, 0) is 28.5 Å². The summed E-state index contributed by atoms with van der Waals surface area (Å²) < 4.78 is 21.3. The minimum Gasteiger partial charge on any atom is -0.467 e. The summed E-state index contributed by atoms with van der Waals surface area (Å²) in [4.78, 5) is 69.4. The summed E-state index contributed by atoms with van der Waals surface area (Å²) in [5.74, 6) is -1.64. The smallest absolute Gasteiger partial charge is 0.414 e. The Morgan fingerprint density at radius 1 is 0.774 bits per heavy atom. The minimum atomic E-state index is -1.58. The van der Waals surface area contributed by atoms with E-state index in [9.17, 15) is 24.0 Å². The third-order valence-electron chi connectivity index (χ3n) is 8.06. The number of methoxy groups -OCH3 is 1. The highest BCUT2D eigenvalue weighted by atomic mass is 16.6. The zero-order valence-electron chi connectivity index (χ0n) is 32.5. The van der Waals surface area contributed by atoms with Crippen molar-refractivity contribution >= 4 is 36.1 Å². The molecule has 0 aliphatic heterocycles. The topological polar surface area (TPSA) is 183 Å². The average Bonchev–Trinajstić information content (AvgIpc) is 3.36. The Hall–Kier alpha value is -5.14. The molecule has 4 amide bonds. The second-order valence-corrected chi connectivity index (χ2v) is 15.5. The van der Waals surface area contributed by atoms with Gasteiger partial charge in [0, 0.05) is 12.5 Å². The van der Waals surface area contributed by atoms with Crippen molar-refractivity contribution in [2.24, 2.45) is 10.9 Å². The number of fused-ring (bicyclic) bond motifs is 3. The molecule has 0 unspecified atom stereocenters. The van der Waals surface area contributed by atoms with Crippen molar-refractivity contribution in [1.29, 1.82) is 0 Å². The maximum absolute atomic E-state index is 13.9. The van der Waals surface area contributed by atoms with Crippen molar-refractivity contribution in [3.05, 3.63) is 59.7 Å². The predicted molar refractivity (Wildman–Crippen MR) is 200 cm³/mol. The maximum Gasteiger partial charge on any atom is 0.414 e. The zero-order valence-corrected chi connectivity index (χ0v) is 32.5. The predicted octanol–water partition coefficient (Wildman–Crippen LogP) is 6.17. The molecule has 53 heavy (non-hydrogen) atoms. The van der Waals surface area contributed by atoms with Crippen molar-refractivity contribution in [3.63, 3.8) is 0 Å². The van der Waals surface area contributed by atoms with E-state index < -0.39 is 52.9 Å². The van der Waals surface area contributed by atoms with Crippen molar-refractivity contribution in [2.75, 3.05) is 20.3 Å². The summed E-state index contributed by atoms with van der Waals surface area (Å²) >= 11 is 0. The van der Waals surface area contributed by atoms with Gasteiger partial charge in [-0.3, -0.25) is 20.4 Å². The Morgan fingerprint density at radius 3 is 1.75 bits per heavy atom. The van der Waals surface area contributed by atoms with Crippen LogP contribution in [-0.4, -0.2) is 79.2 Å². The van der Waals surface area contributed by atoms with E-state index in [0.29, 0.717) is 6.42 Å². The maximum atomic E-state index is 13.9. The largest absolute Gasteiger partial charge is 0.467 e. The molecule has 0 radical (unpaired) electrons. The number of nitrogens with zero attached hydrogens (tertiary/aromatic N) is 1. The van der Waals surface area contributed by atoms with Crippen LogP contribution in [0.2, 0.25) is 0 Å². The minimum absolute atomic E-state index is 0.0113. The number of rotatable bonds is 12. The molecule has 0 saturated carbocycles. The highest BCUT2D eigenvalue weighted by Gasteiger charge is 2.38. The molecule has 290 valence electrons. The zero-order chi connectivity index (χ0) is 39.6. The number of nitrogens with one attached hydrogen (secondary N) is 4. The van der Waals surface area contributed by atoms with Crippen molar-refractivity contribution < 1.29 is 42.9 Å². The number of hydrogen-bond acceptors (Lipinski definition) is 10. The molecule has 3 rings (SSSR count).